The van der Waals surface area contributed by atoms with Crippen molar-refractivity contribution in [2.45, 2.75) is 19.5 Å². The van der Waals surface area contributed by atoms with Gasteiger partial charge in [-0.05, 0) is 24.6 Å². The molecule has 0 saturated carbocycles. The molecule has 6 nitrogen and oxygen atoms in total. The highest BCUT2D eigenvalue weighted by atomic mass is 16.5. The number of amides is 1. The van der Waals surface area contributed by atoms with E-state index in [1.165, 1.54) is 5.56 Å². The van der Waals surface area contributed by atoms with Crippen molar-refractivity contribution in [3.63, 3.8) is 0 Å². The van der Waals surface area contributed by atoms with Gasteiger partial charge in [0.15, 0.2) is 0 Å². The summed E-state index contributed by atoms with van der Waals surface area (Å²) in [5.41, 5.74) is 1.27. The van der Waals surface area contributed by atoms with Crippen LogP contribution in [0.5, 0.6) is 5.75 Å². The summed E-state index contributed by atoms with van der Waals surface area (Å²) in [6, 6.07) is 7.97. The first kappa shape index (κ1) is 16.5. The number of rotatable bonds is 5. The predicted molar refractivity (Wildman–Crippen MR) is 91.8 cm³/mol. The lowest BCUT2D eigenvalue weighted by molar-refractivity contribution is -0.136. The minimum absolute atomic E-state index is 0.164. The molecule has 1 amide bonds. The van der Waals surface area contributed by atoms with E-state index in [-0.39, 0.29) is 11.9 Å². The standard InChI is InChI=1S/C18H24N4O2/c1-15(22-8-7-19-14-22)18(23)21-11-9-20(10-12-21)13-16-3-5-17(24-2)6-4-16/h3-8,14-15H,9-13H2,1-2H3. The van der Waals surface area contributed by atoms with Gasteiger partial charge in [-0.2, -0.15) is 0 Å². The van der Waals surface area contributed by atoms with Gasteiger partial charge in [-0.25, -0.2) is 4.98 Å². The number of hydrogen-bond donors (Lipinski definition) is 0. The van der Waals surface area contributed by atoms with Crippen molar-refractivity contribution >= 4 is 5.91 Å². The highest BCUT2D eigenvalue weighted by Gasteiger charge is 2.25. The van der Waals surface area contributed by atoms with Gasteiger partial charge in [-0.15, -0.1) is 0 Å². The molecule has 0 radical (unpaired) electrons. The van der Waals surface area contributed by atoms with Gasteiger partial charge in [0, 0.05) is 45.1 Å². The molecule has 1 fully saturated rings. The Morgan fingerprint density at radius 2 is 1.92 bits per heavy atom. The number of imidazole rings is 1. The average molecular weight is 328 g/mol. The Labute approximate surface area is 142 Å². The number of methoxy groups -OCH3 is 1. The van der Waals surface area contributed by atoms with Gasteiger partial charge < -0.3 is 14.2 Å². The van der Waals surface area contributed by atoms with Crippen LogP contribution in [0, 0.1) is 0 Å². The zero-order valence-electron chi connectivity index (χ0n) is 14.3. The number of nitrogens with zero attached hydrogens (tertiary/aromatic N) is 4. The lowest BCUT2D eigenvalue weighted by atomic mass is 10.2. The largest absolute Gasteiger partial charge is 0.497 e. The Kier molecular flexibility index (Phi) is 5.15. The number of carbonyl (C=O) groups is 1. The van der Waals surface area contributed by atoms with Crippen LogP contribution in [-0.4, -0.2) is 58.5 Å². The Hall–Kier alpha value is -2.34. The van der Waals surface area contributed by atoms with Gasteiger partial charge in [0.25, 0.3) is 0 Å². The van der Waals surface area contributed by atoms with Gasteiger partial charge >= 0.3 is 0 Å². The van der Waals surface area contributed by atoms with E-state index in [0.717, 1.165) is 38.5 Å². The zero-order valence-corrected chi connectivity index (χ0v) is 14.3. The van der Waals surface area contributed by atoms with Crippen LogP contribution in [0.1, 0.15) is 18.5 Å². The van der Waals surface area contributed by atoms with E-state index < -0.39 is 0 Å². The SMILES string of the molecule is COc1ccc(CN2CCN(C(=O)C(C)n3ccnc3)CC2)cc1. The predicted octanol–water partition coefficient (Wildman–Crippen LogP) is 1.80. The molecule has 24 heavy (non-hydrogen) atoms. The highest BCUT2D eigenvalue weighted by molar-refractivity contribution is 5.80. The quantitative estimate of drug-likeness (QED) is 0.840. The second kappa shape index (κ2) is 7.49. The fourth-order valence-electron chi connectivity index (χ4n) is 3.01. The number of carbonyl (C=O) groups excluding carboxylic acids is 1. The molecule has 3 rings (SSSR count). The highest BCUT2D eigenvalue weighted by Crippen LogP contribution is 2.16. The molecule has 1 aromatic carbocycles. The lowest BCUT2D eigenvalue weighted by Gasteiger charge is -2.36. The molecule has 1 atom stereocenters. The lowest BCUT2D eigenvalue weighted by Crippen LogP contribution is -2.49. The van der Waals surface area contributed by atoms with E-state index in [9.17, 15) is 4.79 Å². The maximum Gasteiger partial charge on any atom is 0.245 e. The van der Waals surface area contributed by atoms with E-state index in [0.29, 0.717) is 0 Å². The number of aromatic nitrogens is 2. The minimum atomic E-state index is -0.194. The van der Waals surface area contributed by atoms with Gasteiger partial charge in [-0.1, -0.05) is 12.1 Å². The van der Waals surface area contributed by atoms with Gasteiger partial charge in [0.2, 0.25) is 5.91 Å². The summed E-state index contributed by atoms with van der Waals surface area (Å²) in [7, 11) is 1.68. The first-order valence-electron chi connectivity index (χ1n) is 8.29. The molecule has 1 aromatic heterocycles. The second-order valence-electron chi connectivity index (χ2n) is 6.14. The van der Waals surface area contributed by atoms with Crippen molar-refractivity contribution in [3.8, 4) is 5.75 Å². The summed E-state index contributed by atoms with van der Waals surface area (Å²) < 4.78 is 7.04. The summed E-state index contributed by atoms with van der Waals surface area (Å²) in [6.45, 7) is 6.17. The first-order valence-corrected chi connectivity index (χ1v) is 8.29. The zero-order chi connectivity index (χ0) is 16.9. The molecule has 1 aliphatic rings. The molecule has 2 heterocycles. The van der Waals surface area contributed by atoms with Crippen LogP contribution in [0.4, 0.5) is 0 Å². The van der Waals surface area contributed by atoms with E-state index in [1.807, 2.05) is 34.7 Å². The van der Waals surface area contributed by atoms with Crippen molar-refractivity contribution < 1.29 is 9.53 Å². The Bertz CT molecular complexity index is 646. The van der Waals surface area contributed by atoms with Crippen molar-refractivity contribution in [1.82, 2.24) is 19.4 Å². The molecular formula is C18H24N4O2. The molecule has 6 heteroatoms. The van der Waals surface area contributed by atoms with Crippen molar-refractivity contribution in [3.05, 3.63) is 48.5 Å². The topological polar surface area (TPSA) is 50.6 Å². The fraction of sp³-hybridized carbons (Fsp3) is 0.444. The third-order valence-electron chi connectivity index (χ3n) is 4.58. The summed E-state index contributed by atoms with van der Waals surface area (Å²) in [4.78, 5) is 20.9. The maximum atomic E-state index is 12.6. The summed E-state index contributed by atoms with van der Waals surface area (Å²) >= 11 is 0. The van der Waals surface area contributed by atoms with Crippen LogP contribution >= 0.6 is 0 Å². The molecule has 1 aliphatic heterocycles. The third-order valence-corrected chi connectivity index (χ3v) is 4.58. The van der Waals surface area contributed by atoms with Crippen LogP contribution in [0.2, 0.25) is 0 Å². The maximum absolute atomic E-state index is 12.6. The Morgan fingerprint density at radius 3 is 2.50 bits per heavy atom. The number of benzene rings is 1. The summed E-state index contributed by atoms with van der Waals surface area (Å²) in [5, 5.41) is 0. The van der Waals surface area contributed by atoms with Crippen LogP contribution < -0.4 is 4.74 Å². The second-order valence-corrected chi connectivity index (χ2v) is 6.14. The van der Waals surface area contributed by atoms with Crippen molar-refractivity contribution in [1.29, 1.82) is 0 Å². The number of ether oxygens (including phenoxy) is 1. The minimum Gasteiger partial charge on any atom is -0.497 e. The van der Waals surface area contributed by atoms with Gasteiger partial charge in [-0.3, -0.25) is 9.69 Å². The Balaban J connectivity index is 1.50. The molecule has 2 aromatic rings. The average Bonchev–Trinajstić information content (AvgIpc) is 3.16. The van der Waals surface area contributed by atoms with E-state index >= 15 is 0 Å². The van der Waals surface area contributed by atoms with E-state index in [1.54, 1.807) is 19.6 Å². The summed E-state index contributed by atoms with van der Waals surface area (Å²) in [6.07, 6.45) is 5.24. The van der Waals surface area contributed by atoms with Gasteiger partial charge in [0.05, 0.1) is 13.4 Å². The molecule has 0 aliphatic carbocycles. The molecule has 128 valence electrons. The van der Waals surface area contributed by atoms with E-state index in [4.69, 9.17) is 4.74 Å². The van der Waals surface area contributed by atoms with Gasteiger partial charge in [0.1, 0.15) is 11.8 Å². The number of piperazine rings is 1. The normalized spacial score (nSPS) is 16.8. The van der Waals surface area contributed by atoms with Crippen LogP contribution in [-0.2, 0) is 11.3 Å². The fourth-order valence-corrected chi connectivity index (χ4v) is 3.01. The molecule has 0 N–H and O–H groups in total. The number of hydrogen-bond acceptors (Lipinski definition) is 4. The molecule has 0 bridgehead atoms. The third kappa shape index (κ3) is 3.76. The monoisotopic (exact) mass is 328 g/mol. The first-order chi connectivity index (χ1) is 11.7. The summed E-state index contributed by atoms with van der Waals surface area (Å²) in [5.74, 6) is 1.04. The van der Waals surface area contributed by atoms with Crippen LogP contribution in [0.25, 0.3) is 0 Å². The van der Waals surface area contributed by atoms with Crippen molar-refractivity contribution in [2.75, 3.05) is 33.3 Å². The Morgan fingerprint density at radius 1 is 1.21 bits per heavy atom. The molecule has 0 spiro atoms. The smallest absolute Gasteiger partial charge is 0.245 e. The van der Waals surface area contributed by atoms with Crippen molar-refractivity contribution in [2.24, 2.45) is 0 Å². The molecular weight excluding hydrogens is 304 g/mol. The molecule has 1 saturated heterocycles. The van der Waals surface area contributed by atoms with Crippen LogP contribution in [0.3, 0.4) is 0 Å². The molecule has 1 unspecified atom stereocenters. The van der Waals surface area contributed by atoms with Crippen LogP contribution in [0.15, 0.2) is 43.0 Å². The van der Waals surface area contributed by atoms with E-state index in [2.05, 4.69) is 22.0 Å².